The van der Waals surface area contributed by atoms with E-state index < -0.39 is 10.0 Å². The van der Waals surface area contributed by atoms with Crippen molar-refractivity contribution in [3.8, 4) is 0 Å². The van der Waals surface area contributed by atoms with Gasteiger partial charge in [-0.05, 0) is 25.0 Å². The van der Waals surface area contributed by atoms with Gasteiger partial charge in [-0.3, -0.25) is 4.99 Å². The summed E-state index contributed by atoms with van der Waals surface area (Å²) in [5.41, 5.74) is 1.54. The zero-order chi connectivity index (χ0) is 22.4. The maximum absolute atomic E-state index is 12.3. The van der Waals surface area contributed by atoms with Gasteiger partial charge in [-0.2, -0.15) is 0 Å². The summed E-state index contributed by atoms with van der Waals surface area (Å²) in [5.74, 6) is 1.91. The van der Waals surface area contributed by atoms with Gasteiger partial charge < -0.3 is 15.1 Å². The first-order valence-electron chi connectivity index (χ1n) is 9.96. The lowest BCUT2D eigenvalue weighted by atomic mass is 9.94. The molecule has 8 nitrogen and oxygen atoms in total. The zero-order valence-electron chi connectivity index (χ0n) is 18.6. The molecule has 0 saturated carbocycles. The predicted octanol–water partition coefficient (Wildman–Crippen LogP) is 2.67. The van der Waals surface area contributed by atoms with Gasteiger partial charge in [0.05, 0.1) is 18.5 Å². The van der Waals surface area contributed by atoms with Crippen LogP contribution in [0.5, 0.6) is 0 Å². The van der Waals surface area contributed by atoms with Crippen molar-refractivity contribution in [2.75, 3.05) is 7.05 Å². The van der Waals surface area contributed by atoms with E-state index in [1.807, 2.05) is 24.3 Å². The van der Waals surface area contributed by atoms with Crippen molar-refractivity contribution >= 4 is 16.0 Å². The van der Waals surface area contributed by atoms with E-state index in [-0.39, 0.29) is 17.2 Å². The number of benzene rings is 1. The number of hydrogen-bond acceptors (Lipinski definition) is 5. The van der Waals surface area contributed by atoms with E-state index in [0.717, 1.165) is 16.9 Å². The Morgan fingerprint density at radius 2 is 1.77 bits per heavy atom. The van der Waals surface area contributed by atoms with Crippen LogP contribution in [0.4, 0.5) is 0 Å². The van der Waals surface area contributed by atoms with E-state index in [2.05, 4.69) is 46.1 Å². The molecule has 2 aromatic rings. The largest absolute Gasteiger partial charge is 0.443 e. The minimum absolute atomic E-state index is 0.0685. The molecule has 9 heteroatoms. The maximum atomic E-state index is 12.3. The highest BCUT2D eigenvalue weighted by atomic mass is 32.2. The number of nitrogens with zero attached hydrogens (tertiary/aromatic N) is 2. The summed E-state index contributed by atoms with van der Waals surface area (Å²) in [4.78, 5) is 8.51. The van der Waals surface area contributed by atoms with Crippen molar-refractivity contribution in [1.82, 2.24) is 20.3 Å². The topological polar surface area (TPSA) is 109 Å². The smallest absolute Gasteiger partial charge is 0.216 e. The second-order valence-corrected chi connectivity index (χ2v) is 10.2. The van der Waals surface area contributed by atoms with Crippen LogP contribution in [0.3, 0.4) is 0 Å². The Morgan fingerprint density at radius 3 is 2.33 bits per heavy atom. The molecule has 0 amide bonds. The minimum Gasteiger partial charge on any atom is -0.443 e. The molecule has 0 fully saturated rings. The fourth-order valence-corrected chi connectivity index (χ4v) is 4.27. The molecule has 0 saturated heterocycles. The third-order valence-corrected chi connectivity index (χ3v) is 5.77. The summed E-state index contributed by atoms with van der Waals surface area (Å²) in [6, 6.07) is 7.32. The molecule has 0 unspecified atom stereocenters. The van der Waals surface area contributed by atoms with Gasteiger partial charge in [0.1, 0.15) is 5.76 Å². The fourth-order valence-electron chi connectivity index (χ4n) is 2.77. The highest BCUT2D eigenvalue weighted by Gasteiger charge is 2.19. The van der Waals surface area contributed by atoms with Crippen LogP contribution in [0.1, 0.15) is 57.4 Å². The van der Waals surface area contributed by atoms with Gasteiger partial charge in [0.15, 0.2) is 5.96 Å². The molecule has 0 spiro atoms. The molecule has 0 radical (unpaired) electrons. The number of guanidine groups is 1. The van der Waals surface area contributed by atoms with Gasteiger partial charge in [0.2, 0.25) is 15.9 Å². The first-order chi connectivity index (χ1) is 14.0. The predicted molar refractivity (Wildman–Crippen MR) is 120 cm³/mol. The summed E-state index contributed by atoms with van der Waals surface area (Å²) in [5, 5.41) is 6.38. The lowest BCUT2D eigenvalue weighted by Crippen LogP contribution is -2.37. The van der Waals surface area contributed by atoms with Gasteiger partial charge >= 0.3 is 0 Å². The quantitative estimate of drug-likeness (QED) is 0.435. The van der Waals surface area contributed by atoms with E-state index in [1.54, 1.807) is 27.1 Å². The van der Waals surface area contributed by atoms with E-state index in [9.17, 15) is 8.42 Å². The van der Waals surface area contributed by atoms with Crippen LogP contribution in [-0.2, 0) is 34.3 Å². The number of aliphatic imine (C=N–C) groups is 1. The van der Waals surface area contributed by atoms with E-state index >= 15 is 0 Å². The van der Waals surface area contributed by atoms with Gasteiger partial charge in [-0.15, -0.1) is 0 Å². The molecular formula is C21H33N5O3S. The lowest BCUT2D eigenvalue weighted by Gasteiger charge is -2.15. The molecule has 3 N–H and O–H groups in total. The van der Waals surface area contributed by atoms with Crippen molar-refractivity contribution < 1.29 is 12.8 Å². The molecule has 0 bridgehead atoms. The SMILES string of the molecule is CN=C(NCc1ncc(C(C)(C)C)o1)NCc1ccccc1CS(=O)(=O)NC(C)C. The Labute approximate surface area is 179 Å². The lowest BCUT2D eigenvalue weighted by molar-refractivity contribution is 0.379. The first kappa shape index (κ1) is 23.9. The van der Waals surface area contributed by atoms with Crippen molar-refractivity contribution in [2.24, 2.45) is 4.99 Å². The average molecular weight is 436 g/mol. The van der Waals surface area contributed by atoms with Crippen molar-refractivity contribution in [1.29, 1.82) is 0 Å². The second-order valence-electron chi connectivity index (χ2n) is 8.45. The van der Waals surface area contributed by atoms with E-state index in [4.69, 9.17) is 4.42 Å². The van der Waals surface area contributed by atoms with Crippen molar-refractivity contribution in [3.05, 3.63) is 53.2 Å². The molecule has 1 aromatic carbocycles. The summed E-state index contributed by atoms with van der Waals surface area (Å²) in [6.07, 6.45) is 1.75. The summed E-state index contributed by atoms with van der Waals surface area (Å²) < 4.78 is 33.0. The third-order valence-electron chi connectivity index (χ3n) is 4.25. The van der Waals surface area contributed by atoms with E-state index in [0.29, 0.717) is 24.9 Å². The number of hydrogen-bond donors (Lipinski definition) is 3. The Hall–Kier alpha value is -2.39. The first-order valence-corrected chi connectivity index (χ1v) is 11.6. The van der Waals surface area contributed by atoms with Crippen LogP contribution in [0, 0.1) is 0 Å². The number of sulfonamides is 1. The molecule has 1 heterocycles. The van der Waals surface area contributed by atoms with Crippen LogP contribution in [0.25, 0.3) is 0 Å². The maximum Gasteiger partial charge on any atom is 0.216 e. The molecule has 0 aliphatic rings. The summed E-state index contributed by atoms with van der Waals surface area (Å²) in [7, 11) is -1.73. The van der Waals surface area contributed by atoms with Crippen LogP contribution in [0.15, 0.2) is 39.9 Å². The highest BCUT2D eigenvalue weighted by molar-refractivity contribution is 7.88. The van der Waals surface area contributed by atoms with Crippen LogP contribution in [0.2, 0.25) is 0 Å². The van der Waals surface area contributed by atoms with Crippen LogP contribution in [-0.4, -0.2) is 32.5 Å². The second kappa shape index (κ2) is 10.1. The molecule has 2 rings (SSSR count). The number of rotatable bonds is 8. The molecular weight excluding hydrogens is 402 g/mol. The van der Waals surface area contributed by atoms with Gasteiger partial charge in [0, 0.05) is 25.0 Å². The van der Waals surface area contributed by atoms with Gasteiger partial charge in [-0.1, -0.05) is 45.0 Å². The number of nitrogens with one attached hydrogen (secondary N) is 3. The Bertz CT molecular complexity index is 959. The third kappa shape index (κ3) is 7.46. The molecule has 0 aliphatic heterocycles. The average Bonchev–Trinajstić information content (AvgIpc) is 3.11. The van der Waals surface area contributed by atoms with Gasteiger partial charge in [0.25, 0.3) is 0 Å². The highest BCUT2D eigenvalue weighted by Crippen LogP contribution is 2.22. The Kier molecular flexibility index (Phi) is 8.03. The summed E-state index contributed by atoms with van der Waals surface area (Å²) in [6.45, 7) is 10.6. The fraction of sp³-hybridized carbons (Fsp3) is 0.524. The monoisotopic (exact) mass is 435 g/mol. The van der Waals surface area contributed by atoms with Crippen molar-refractivity contribution in [3.63, 3.8) is 0 Å². The summed E-state index contributed by atoms with van der Waals surface area (Å²) >= 11 is 0. The minimum atomic E-state index is -3.40. The molecule has 30 heavy (non-hydrogen) atoms. The molecule has 0 atom stereocenters. The van der Waals surface area contributed by atoms with Crippen LogP contribution >= 0.6 is 0 Å². The van der Waals surface area contributed by atoms with Gasteiger partial charge in [-0.25, -0.2) is 18.1 Å². The number of aromatic nitrogens is 1. The van der Waals surface area contributed by atoms with Crippen molar-refractivity contribution in [2.45, 2.75) is 64.9 Å². The Balaban J connectivity index is 1.98. The zero-order valence-corrected chi connectivity index (χ0v) is 19.4. The number of oxazole rings is 1. The molecule has 0 aliphatic carbocycles. The normalized spacial score (nSPS) is 13.0. The van der Waals surface area contributed by atoms with E-state index in [1.165, 1.54) is 0 Å². The molecule has 1 aromatic heterocycles. The Morgan fingerprint density at radius 1 is 1.13 bits per heavy atom. The standard InChI is InChI=1S/C21H33N5O3S/c1-15(2)26-30(27,28)14-17-10-8-7-9-16(17)11-24-20(22-6)25-13-19-23-12-18(29-19)21(3,4)5/h7-10,12,15,26H,11,13-14H2,1-6H3,(H2,22,24,25). The van der Waals surface area contributed by atoms with Crippen LogP contribution < -0.4 is 15.4 Å². The molecule has 166 valence electrons.